The monoisotopic (exact) mass is 267 g/mol. The number of benzene rings is 1. The zero-order valence-electron chi connectivity index (χ0n) is 12.1. The Bertz CT molecular complexity index is 362. The van der Waals surface area contributed by atoms with Crippen LogP contribution in [0.2, 0.25) is 5.02 Å². The van der Waals surface area contributed by atoms with Crippen LogP contribution >= 0.6 is 11.6 Å². The Labute approximate surface area is 117 Å². The summed E-state index contributed by atoms with van der Waals surface area (Å²) in [6.45, 7) is 9.95. The quantitative estimate of drug-likeness (QED) is 0.761. The van der Waals surface area contributed by atoms with Crippen LogP contribution in [0.25, 0.3) is 0 Å². The molecular weight excluding hydrogens is 242 g/mol. The highest BCUT2D eigenvalue weighted by molar-refractivity contribution is 6.31. The van der Waals surface area contributed by atoms with Crippen molar-refractivity contribution >= 4 is 11.6 Å². The van der Waals surface area contributed by atoms with Crippen molar-refractivity contribution in [2.24, 2.45) is 5.92 Å². The number of hydrogen-bond acceptors (Lipinski definition) is 1. The largest absolute Gasteiger partial charge is 0.314 e. The van der Waals surface area contributed by atoms with Crippen molar-refractivity contribution in [3.63, 3.8) is 0 Å². The summed E-state index contributed by atoms with van der Waals surface area (Å²) in [5, 5.41) is 4.54. The highest BCUT2D eigenvalue weighted by atomic mass is 35.5. The van der Waals surface area contributed by atoms with Crippen molar-refractivity contribution in [3.8, 4) is 0 Å². The van der Waals surface area contributed by atoms with Gasteiger partial charge < -0.3 is 5.32 Å². The molecule has 18 heavy (non-hydrogen) atoms. The molecule has 0 aliphatic heterocycles. The topological polar surface area (TPSA) is 12.0 Å². The van der Waals surface area contributed by atoms with Crippen molar-refractivity contribution in [2.45, 2.75) is 53.0 Å². The van der Waals surface area contributed by atoms with Crippen LogP contribution in [0.4, 0.5) is 0 Å². The molecule has 2 atom stereocenters. The molecule has 0 heterocycles. The van der Waals surface area contributed by atoms with Crippen LogP contribution in [0, 0.1) is 12.8 Å². The van der Waals surface area contributed by atoms with E-state index in [1.165, 1.54) is 24.0 Å². The predicted molar refractivity (Wildman–Crippen MR) is 81.4 cm³/mol. The number of hydrogen-bond donors (Lipinski definition) is 1. The van der Waals surface area contributed by atoms with Crippen LogP contribution in [-0.4, -0.2) is 12.6 Å². The molecule has 0 aliphatic carbocycles. The first-order valence-corrected chi connectivity index (χ1v) is 7.44. The average molecular weight is 268 g/mol. The first-order chi connectivity index (χ1) is 8.58. The first-order valence-electron chi connectivity index (χ1n) is 7.06. The maximum absolute atomic E-state index is 6.31. The summed E-state index contributed by atoms with van der Waals surface area (Å²) in [6, 6.07) is 6.96. The van der Waals surface area contributed by atoms with Crippen LogP contribution in [0.3, 0.4) is 0 Å². The van der Waals surface area contributed by atoms with Gasteiger partial charge in [-0.15, -0.1) is 0 Å². The molecule has 2 unspecified atom stereocenters. The minimum Gasteiger partial charge on any atom is -0.314 e. The Morgan fingerprint density at radius 1 is 1.28 bits per heavy atom. The van der Waals surface area contributed by atoms with Crippen LogP contribution in [0.15, 0.2) is 18.2 Å². The van der Waals surface area contributed by atoms with Gasteiger partial charge in [-0.25, -0.2) is 0 Å². The van der Waals surface area contributed by atoms with E-state index in [0.29, 0.717) is 12.0 Å². The Hall–Kier alpha value is -0.530. The van der Waals surface area contributed by atoms with E-state index in [1.54, 1.807) is 0 Å². The number of aryl methyl sites for hydroxylation is 1. The smallest absolute Gasteiger partial charge is 0.0440 e. The third-order valence-electron chi connectivity index (χ3n) is 3.53. The summed E-state index contributed by atoms with van der Waals surface area (Å²) in [5.74, 6) is 0.613. The maximum atomic E-state index is 6.31. The molecule has 1 rings (SSSR count). The Kier molecular flexibility index (Phi) is 6.73. The second-order valence-corrected chi connectivity index (χ2v) is 5.65. The van der Waals surface area contributed by atoms with E-state index in [-0.39, 0.29) is 0 Å². The summed E-state index contributed by atoms with van der Waals surface area (Å²) in [4.78, 5) is 0. The van der Waals surface area contributed by atoms with Gasteiger partial charge in [0, 0.05) is 11.1 Å². The van der Waals surface area contributed by atoms with E-state index >= 15 is 0 Å². The fraction of sp³-hybridized carbons (Fsp3) is 0.625. The molecule has 102 valence electrons. The summed E-state index contributed by atoms with van der Waals surface area (Å²) in [5.41, 5.74) is 2.50. The fourth-order valence-corrected chi connectivity index (χ4v) is 2.70. The Balaban J connectivity index is 2.64. The molecule has 0 bridgehead atoms. The highest BCUT2D eigenvalue weighted by Gasteiger charge is 2.16. The van der Waals surface area contributed by atoms with Gasteiger partial charge in [0.25, 0.3) is 0 Å². The van der Waals surface area contributed by atoms with Gasteiger partial charge in [-0.1, -0.05) is 44.5 Å². The molecule has 0 radical (unpaired) electrons. The SMILES string of the molecule is CCCNC(CC)C(C)Cc1ccc(C)cc1Cl. The normalized spacial score (nSPS) is 14.5. The van der Waals surface area contributed by atoms with E-state index in [4.69, 9.17) is 11.6 Å². The van der Waals surface area contributed by atoms with Gasteiger partial charge in [0.05, 0.1) is 0 Å². The van der Waals surface area contributed by atoms with Crippen molar-refractivity contribution < 1.29 is 0 Å². The first kappa shape index (κ1) is 15.5. The average Bonchev–Trinajstić information content (AvgIpc) is 2.34. The van der Waals surface area contributed by atoms with Gasteiger partial charge in [0.2, 0.25) is 0 Å². The zero-order chi connectivity index (χ0) is 13.5. The lowest BCUT2D eigenvalue weighted by Gasteiger charge is -2.24. The molecule has 1 aromatic rings. The van der Waals surface area contributed by atoms with E-state index in [1.807, 2.05) is 0 Å². The van der Waals surface area contributed by atoms with Gasteiger partial charge in [-0.3, -0.25) is 0 Å². The van der Waals surface area contributed by atoms with Gasteiger partial charge in [0.15, 0.2) is 0 Å². The van der Waals surface area contributed by atoms with Crippen LogP contribution in [-0.2, 0) is 6.42 Å². The highest BCUT2D eigenvalue weighted by Crippen LogP contribution is 2.22. The molecule has 0 spiro atoms. The van der Waals surface area contributed by atoms with E-state index in [2.05, 4.69) is 51.2 Å². The molecule has 0 saturated carbocycles. The van der Waals surface area contributed by atoms with Crippen molar-refractivity contribution in [1.82, 2.24) is 5.32 Å². The standard InChI is InChI=1S/C16H26ClN/c1-5-9-18-16(6-2)13(4)11-14-8-7-12(3)10-15(14)17/h7-8,10,13,16,18H,5-6,9,11H2,1-4H3. The van der Waals surface area contributed by atoms with Gasteiger partial charge in [-0.2, -0.15) is 0 Å². The minimum absolute atomic E-state index is 0.585. The molecule has 0 amide bonds. The molecule has 1 N–H and O–H groups in total. The van der Waals surface area contributed by atoms with E-state index in [9.17, 15) is 0 Å². The second-order valence-electron chi connectivity index (χ2n) is 5.25. The second kappa shape index (κ2) is 7.81. The van der Waals surface area contributed by atoms with Crippen LogP contribution in [0.5, 0.6) is 0 Å². The molecular formula is C16H26ClN. The molecule has 1 nitrogen and oxygen atoms in total. The van der Waals surface area contributed by atoms with E-state index in [0.717, 1.165) is 18.0 Å². The minimum atomic E-state index is 0.585. The number of halogens is 1. The molecule has 0 aromatic heterocycles. The maximum Gasteiger partial charge on any atom is 0.0440 e. The van der Waals surface area contributed by atoms with Crippen LogP contribution < -0.4 is 5.32 Å². The zero-order valence-corrected chi connectivity index (χ0v) is 12.8. The Morgan fingerprint density at radius 3 is 2.56 bits per heavy atom. The predicted octanol–water partition coefficient (Wildman–Crippen LogP) is 4.61. The summed E-state index contributed by atoms with van der Waals surface area (Å²) < 4.78 is 0. The number of rotatable bonds is 7. The fourth-order valence-electron chi connectivity index (χ4n) is 2.38. The molecule has 0 aliphatic rings. The van der Waals surface area contributed by atoms with E-state index < -0.39 is 0 Å². The number of nitrogens with one attached hydrogen (secondary N) is 1. The third-order valence-corrected chi connectivity index (χ3v) is 3.89. The summed E-state index contributed by atoms with van der Waals surface area (Å²) in [6.07, 6.45) is 3.41. The van der Waals surface area contributed by atoms with Gasteiger partial charge in [-0.05, 0) is 55.8 Å². The van der Waals surface area contributed by atoms with Gasteiger partial charge in [0.1, 0.15) is 0 Å². The molecule has 1 aromatic carbocycles. The molecule has 2 heteroatoms. The lowest BCUT2D eigenvalue weighted by atomic mass is 9.92. The summed E-state index contributed by atoms with van der Waals surface area (Å²) in [7, 11) is 0. The molecule has 0 fully saturated rings. The van der Waals surface area contributed by atoms with Crippen LogP contribution in [0.1, 0.15) is 44.7 Å². The van der Waals surface area contributed by atoms with Gasteiger partial charge >= 0.3 is 0 Å². The van der Waals surface area contributed by atoms with Crippen molar-refractivity contribution in [1.29, 1.82) is 0 Å². The summed E-state index contributed by atoms with van der Waals surface area (Å²) >= 11 is 6.31. The lowest BCUT2D eigenvalue weighted by Crippen LogP contribution is -2.35. The lowest BCUT2D eigenvalue weighted by molar-refractivity contribution is 0.365. The van der Waals surface area contributed by atoms with Crippen molar-refractivity contribution in [3.05, 3.63) is 34.3 Å². The van der Waals surface area contributed by atoms with Crippen molar-refractivity contribution in [2.75, 3.05) is 6.54 Å². The third kappa shape index (κ3) is 4.62. The molecule has 0 saturated heterocycles. The Morgan fingerprint density at radius 2 is 2.00 bits per heavy atom.